The summed E-state index contributed by atoms with van der Waals surface area (Å²) in [5.41, 5.74) is 1.66. The van der Waals surface area contributed by atoms with Crippen molar-refractivity contribution >= 4 is 11.1 Å². The Kier molecular flexibility index (Phi) is 2.34. The van der Waals surface area contributed by atoms with Crippen molar-refractivity contribution in [3.63, 3.8) is 0 Å². The summed E-state index contributed by atoms with van der Waals surface area (Å²) in [7, 11) is 0. The molecule has 2 rings (SSSR count). The highest BCUT2D eigenvalue weighted by atomic mass is 16.5. The minimum Gasteiger partial charge on any atom is -0.477 e. The van der Waals surface area contributed by atoms with Gasteiger partial charge in [0, 0.05) is 5.56 Å². The van der Waals surface area contributed by atoms with Gasteiger partial charge in [0.1, 0.15) is 17.0 Å². The highest BCUT2D eigenvalue weighted by Gasteiger charge is 2.15. The second-order valence-electron chi connectivity index (χ2n) is 3.47. The average molecular weight is 206 g/mol. The van der Waals surface area contributed by atoms with E-state index >= 15 is 0 Å². The van der Waals surface area contributed by atoms with E-state index in [9.17, 15) is 0 Å². The summed E-state index contributed by atoms with van der Waals surface area (Å²) in [6.07, 6.45) is 0. The third-order valence-corrected chi connectivity index (χ3v) is 2.39. The summed E-state index contributed by atoms with van der Waals surface area (Å²) in [5, 5.41) is 0.889. The molecule has 0 aliphatic carbocycles. The quantitative estimate of drug-likeness (QED) is 0.757. The second-order valence-corrected chi connectivity index (χ2v) is 3.47. The first-order valence-corrected chi connectivity index (χ1v) is 5.00. The van der Waals surface area contributed by atoms with Gasteiger partial charge in [0.2, 0.25) is 11.6 Å². The number of nitrogens with zero attached hydrogens (tertiary/aromatic N) is 2. The van der Waals surface area contributed by atoms with Crippen LogP contribution in [0.15, 0.2) is 4.42 Å². The third kappa shape index (κ3) is 1.56. The number of aromatic nitrogens is 2. The summed E-state index contributed by atoms with van der Waals surface area (Å²) in [6, 6.07) is 0. The highest BCUT2D eigenvalue weighted by Crippen LogP contribution is 2.30. The van der Waals surface area contributed by atoms with E-state index in [0.717, 1.165) is 16.7 Å². The summed E-state index contributed by atoms with van der Waals surface area (Å²) in [6.45, 7) is 8.26. The van der Waals surface area contributed by atoms with E-state index in [-0.39, 0.29) is 0 Å². The minimum absolute atomic E-state index is 0.592. The summed E-state index contributed by atoms with van der Waals surface area (Å²) in [4.78, 5) is 8.51. The van der Waals surface area contributed by atoms with Crippen molar-refractivity contribution in [1.82, 2.24) is 9.97 Å². The molecular formula is C11H14N2O2. The van der Waals surface area contributed by atoms with Crippen LogP contribution < -0.4 is 4.74 Å². The van der Waals surface area contributed by atoms with Crippen molar-refractivity contribution in [2.24, 2.45) is 0 Å². The lowest BCUT2D eigenvalue weighted by molar-refractivity contribution is 0.329. The molecule has 4 nitrogen and oxygen atoms in total. The molecule has 0 N–H and O–H groups in total. The van der Waals surface area contributed by atoms with Crippen LogP contribution in [0.25, 0.3) is 11.1 Å². The number of aryl methyl sites for hydroxylation is 3. The molecule has 0 radical (unpaired) electrons. The van der Waals surface area contributed by atoms with Crippen LogP contribution in [0.3, 0.4) is 0 Å². The fraction of sp³-hybridized carbons (Fsp3) is 0.455. The van der Waals surface area contributed by atoms with Gasteiger partial charge >= 0.3 is 0 Å². The maximum Gasteiger partial charge on any atom is 0.233 e. The number of fused-ring (bicyclic) bond motifs is 1. The summed E-state index contributed by atoms with van der Waals surface area (Å²) >= 11 is 0. The van der Waals surface area contributed by atoms with Gasteiger partial charge in [-0.15, -0.1) is 0 Å². The molecule has 2 aromatic rings. The van der Waals surface area contributed by atoms with E-state index in [0.29, 0.717) is 24.0 Å². The van der Waals surface area contributed by atoms with Gasteiger partial charge in [-0.3, -0.25) is 0 Å². The van der Waals surface area contributed by atoms with Crippen LogP contribution in [0.2, 0.25) is 0 Å². The fourth-order valence-corrected chi connectivity index (χ4v) is 1.56. The molecule has 0 fully saturated rings. The monoisotopic (exact) mass is 206 g/mol. The van der Waals surface area contributed by atoms with E-state index in [2.05, 4.69) is 9.97 Å². The van der Waals surface area contributed by atoms with Crippen LogP contribution in [-0.2, 0) is 0 Å². The van der Waals surface area contributed by atoms with Gasteiger partial charge in [-0.2, -0.15) is 9.97 Å². The van der Waals surface area contributed by atoms with Gasteiger partial charge in [0.15, 0.2) is 0 Å². The Bertz CT molecular complexity index is 503. The highest BCUT2D eigenvalue weighted by molar-refractivity contribution is 5.83. The van der Waals surface area contributed by atoms with Crippen LogP contribution in [-0.4, -0.2) is 16.6 Å². The zero-order chi connectivity index (χ0) is 11.0. The molecule has 80 valence electrons. The molecule has 0 saturated carbocycles. The standard InChI is InChI=1S/C11H14N2O2/c1-5-14-10-9-6(2)7(3)15-11(9)13-8(4)12-10/h5H2,1-4H3. The van der Waals surface area contributed by atoms with Crippen LogP contribution in [0.5, 0.6) is 5.88 Å². The SMILES string of the molecule is CCOc1nc(C)nc2oc(C)c(C)c12. The average Bonchev–Trinajstić information content (AvgIpc) is 2.42. The number of rotatable bonds is 2. The Morgan fingerprint density at radius 1 is 1.20 bits per heavy atom. The van der Waals surface area contributed by atoms with E-state index in [1.807, 2.05) is 27.7 Å². The lowest BCUT2D eigenvalue weighted by Gasteiger charge is -2.03. The molecule has 4 heteroatoms. The summed E-state index contributed by atoms with van der Waals surface area (Å²) in [5.74, 6) is 2.15. The molecule has 15 heavy (non-hydrogen) atoms. The first-order chi connectivity index (χ1) is 7.13. The second kappa shape index (κ2) is 3.53. The predicted octanol–water partition coefficient (Wildman–Crippen LogP) is 2.55. The smallest absolute Gasteiger partial charge is 0.233 e. The fourth-order valence-electron chi connectivity index (χ4n) is 1.56. The molecule has 0 saturated heterocycles. The zero-order valence-electron chi connectivity index (χ0n) is 9.42. The molecule has 2 aromatic heterocycles. The number of furan rings is 1. The number of hydrogen-bond acceptors (Lipinski definition) is 4. The Morgan fingerprint density at radius 3 is 2.60 bits per heavy atom. The molecule has 0 aliphatic rings. The first kappa shape index (κ1) is 9.96. The topological polar surface area (TPSA) is 48.2 Å². The Labute approximate surface area is 88.3 Å². The van der Waals surface area contributed by atoms with E-state index in [4.69, 9.17) is 9.15 Å². The van der Waals surface area contributed by atoms with Gasteiger partial charge in [-0.1, -0.05) is 0 Å². The van der Waals surface area contributed by atoms with E-state index in [1.165, 1.54) is 0 Å². The first-order valence-electron chi connectivity index (χ1n) is 5.00. The van der Waals surface area contributed by atoms with Gasteiger partial charge in [-0.25, -0.2) is 0 Å². The molecule has 0 amide bonds. The minimum atomic E-state index is 0.592. The van der Waals surface area contributed by atoms with Crippen molar-refractivity contribution in [3.05, 3.63) is 17.1 Å². The predicted molar refractivity (Wildman–Crippen MR) is 57.2 cm³/mol. The van der Waals surface area contributed by atoms with Crippen LogP contribution in [0, 0.1) is 20.8 Å². The van der Waals surface area contributed by atoms with Gasteiger partial charge in [-0.05, 0) is 27.7 Å². The maximum absolute atomic E-state index is 5.54. The van der Waals surface area contributed by atoms with Crippen molar-refractivity contribution in [3.8, 4) is 5.88 Å². The van der Waals surface area contributed by atoms with E-state index in [1.54, 1.807) is 0 Å². The van der Waals surface area contributed by atoms with Crippen molar-refractivity contribution in [2.75, 3.05) is 6.61 Å². The van der Waals surface area contributed by atoms with Crippen LogP contribution in [0.1, 0.15) is 24.1 Å². The van der Waals surface area contributed by atoms with Crippen molar-refractivity contribution < 1.29 is 9.15 Å². The number of hydrogen-bond donors (Lipinski definition) is 0. The molecule has 0 unspecified atom stereocenters. The molecule has 0 aliphatic heterocycles. The van der Waals surface area contributed by atoms with Crippen LogP contribution >= 0.6 is 0 Å². The molecule has 0 aromatic carbocycles. The Morgan fingerprint density at radius 2 is 1.93 bits per heavy atom. The van der Waals surface area contributed by atoms with Gasteiger partial charge in [0.25, 0.3) is 0 Å². The van der Waals surface area contributed by atoms with Crippen molar-refractivity contribution in [1.29, 1.82) is 0 Å². The zero-order valence-corrected chi connectivity index (χ0v) is 9.42. The van der Waals surface area contributed by atoms with E-state index < -0.39 is 0 Å². The molecule has 0 bridgehead atoms. The molecule has 2 heterocycles. The maximum atomic E-state index is 5.54. The molecular weight excluding hydrogens is 192 g/mol. The lowest BCUT2D eigenvalue weighted by atomic mass is 10.2. The molecule has 0 atom stereocenters. The third-order valence-electron chi connectivity index (χ3n) is 2.39. The van der Waals surface area contributed by atoms with Crippen LogP contribution in [0.4, 0.5) is 0 Å². The van der Waals surface area contributed by atoms with Gasteiger partial charge < -0.3 is 9.15 Å². The Balaban J connectivity index is 2.75. The normalized spacial score (nSPS) is 10.9. The lowest BCUT2D eigenvalue weighted by Crippen LogP contribution is -1.98. The number of ether oxygens (including phenoxy) is 1. The Hall–Kier alpha value is -1.58. The van der Waals surface area contributed by atoms with Gasteiger partial charge in [0.05, 0.1) is 6.61 Å². The summed E-state index contributed by atoms with van der Waals surface area (Å²) < 4.78 is 11.0. The van der Waals surface area contributed by atoms with Crippen molar-refractivity contribution in [2.45, 2.75) is 27.7 Å². The molecule has 0 spiro atoms. The largest absolute Gasteiger partial charge is 0.477 e.